The quantitative estimate of drug-likeness (QED) is 0.491. The van der Waals surface area contributed by atoms with Crippen molar-refractivity contribution in [2.45, 2.75) is 69.2 Å². The number of carbonyl (C=O) groups is 1. The van der Waals surface area contributed by atoms with Crippen LogP contribution in [0.25, 0.3) is 0 Å². The molecule has 6 nitrogen and oxygen atoms in total. The van der Waals surface area contributed by atoms with Crippen LogP contribution in [-0.2, 0) is 34.6 Å². The number of ether oxygens (including phenoxy) is 4. The minimum atomic E-state index is -0.923. The summed E-state index contributed by atoms with van der Waals surface area (Å²) < 4.78 is 24.4. The van der Waals surface area contributed by atoms with Crippen LogP contribution in [0.2, 0.25) is 0 Å². The Labute approximate surface area is 172 Å². The van der Waals surface area contributed by atoms with Crippen LogP contribution < -0.4 is 0 Å². The maximum Gasteiger partial charge on any atom is 0.313 e. The average molecular weight is 488 g/mol. The highest BCUT2D eigenvalue weighted by molar-refractivity contribution is 14.1. The standard InChI is InChI=1S/C20H25IO6/c1-19(2,9-25-16-15-14(27-15)13-8-24-17(16)26-13)11-6-5-10(7-12(11)21)20(3,4)18(22)23/h5-7,13-17H,8-9H2,1-4H3,(H,22,23)/t13-,14+,15+,16-,17-/m1/s1. The number of rotatable bonds is 6. The third-order valence-electron chi connectivity index (χ3n) is 5.84. The van der Waals surface area contributed by atoms with Gasteiger partial charge in [0.05, 0.1) is 18.6 Å². The Morgan fingerprint density at radius 1 is 1.26 bits per heavy atom. The van der Waals surface area contributed by atoms with Crippen molar-refractivity contribution < 1.29 is 28.8 Å². The first kappa shape index (κ1) is 19.6. The molecule has 1 aromatic rings. The molecule has 0 unspecified atom stereocenters. The van der Waals surface area contributed by atoms with Gasteiger partial charge in [0.15, 0.2) is 6.29 Å². The number of halogens is 1. The molecule has 0 amide bonds. The van der Waals surface area contributed by atoms with Gasteiger partial charge in [0.2, 0.25) is 0 Å². The van der Waals surface area contributed by atoms with Gasteiger partial charge in [-0.2, -0.15) is 0 Å². The van der Waals surface area contributed by atoms with E-state index in [1.807, 2.05) is 18.2 Å². The molecule has 0 spiro atoms. The summed E-state index contributed by atoms with van der Waals surface area (Å²) in [6.45, 7) is 8.76. The average Bonchev–Trinajstić information content (AvgIpc) is 3.28. The van der Waals surface area contributed by atoms with Crippen LogP contribution in [0.4, 0.5) is 0 Å². The third kappa shape index (κ3) is 3.42. The highest BCUT2D eigenvalue weighted by Crippen LogP contribution is 2.43. The largest absolute Gasteiger partial charge is 0.481 e. The van der Waals surface area contributed by atoms with Crippen LogP contribution in [0.15, 0.2) is 18.2 Å². The third-order valence-corrected chi connectivity index (χ3v) is 6.74. The molecule has 7 heteroatoms. The van der Waals surface area contributed by atoms with E-state index in [0.29, 0.717) is 13.2 Å². The molecule has 0 aliphatic carbocycles. The summed E-state index contributed by atoms with van der Waals surface area (Å²) in [6.07, 6.45) is -0.304. The molecule has 3 aliphatic heterocycles. The van der Waals surface area contributed by atoms with Gasteiger partial charge in [-0.3, -0.25) is 4.79 Å². The van der Waals surface area contributed by atoms with Gasteiger partial charge in [-0.05, 0) is 53.6 Å². The molecule has 4 rings (SSSR count). The zero-order valence-electron chi connectivity index (χ0n) is 15.9. The van der Waals surface area contributed by atoms with E-state index >= 15 is 0 Å². The molecular formula is C20H25IO6. The lowest BCUT2D eigenvalue weighted by Crippen LogP contribution is -2.43. The minimum Gasteiger partial charge on any atom is -0.481 e. The Morgan fingerprint density at radius 3 is 2.67 bits per heavy atom. The van der Waals surface area contributed by atoms with Crippen molar-refractivity contribution in [3.8, 4) is 0 Å². The molecule has 1 N–H and O–H groups in total. The fraction of sp³-hybridized carbons (Fsp3) is 0.650. The van der Waals surface area contributed by atoms with E-state index < -0.39 is 11.4 Å². The van der Waals surface area contributed by atoms with E-state index in [9.17, 15) is 9.90 Å². The molecule has 3 aliphatic rings. The van der Waals surface area contributed by atoms with Crippen LogP contribution in [-0.4, -0.2) is 55.0 Å². The van der Waals surface area contributed by atoms with Gasteiger partial charge >= 0.3 is 5.97 Å². The molecule has 0 radical (unpaired) electrons. The number of aliphatic carboxylic acids is 1. The van der Waals surface area contributed by atoms with Crippen LogP contribution in [0, 0.1) is 3.57 Å². The minimum absolute atomic E-state index is 0.0546. The number of fused-ring (bicyclic) bond motifs is 4. The number of hydrogen-bond acceptors (Lipinski definition) is 5. The maximum absolute atomic E-state index is 11.5. The van der Waals surface area contributed by atoms with E-state index in [0.717, 1.165) is 14.7 Å². The van der Waals surface area contributed by atoms with Crippen molar-refractivity contribution in [3.63, 3.8) is 0 Å². The van der Waals surface area contributed by atoms with E-state index in [-0.39, 0.29) is 36.1 Å². The predicted molar refractivity (Wildman–Crippen MR) is 106 cm³/mol. The highest BCUT2D eigenvalue weighted by Gasteiger charge is 2.62. The molecule has 27 heavy (non-hydrogen) atoms. The Bertz CT molecular complexity index is 761. The van der Waals surface area contributed by atoms with Gasteiger partial charge in [0.25, 0.3) is 0 Å². The van der Waals surface area contributed by atoms with E-state index in [4.69, 9.17) is 18.9 Å². The summed E-state index contributed by atoms with van der Waals surface area (Å²) in [6, 6.07) is 5.88. The van der Waals surface area contributed by atoms with Gasteiger partial charge in [-0.15, -0.1) is 0 Å². The van der Waals surface area contributed by atoms with Crippen molar-refractivity contribution in [1.82, 2.24) is 0 Å². The second kappa shape index (κ2) is 6.66. The van der Waals surface area contributed by atoms with Crippen molar-refractivity contribution in [2.24, 2.45) is 0 Å². The zero-order valence-corrected chi connectivity index (χ0v) is 18.1. The van der Waals surface area contributed by atoms with Crippen LogP contribution in [0.1, 0.15) is 38.8 Å². The fourth-order valence-corrected chi connectivity index (χ4v) is 5.02. The number of benzene rings is 1. The summed E-state index contributed by atoms with van der Waals surface area (Å²) >= 11 is 2.28. The van der Waals surface area contributed by atoms with Gasteiger partial charge in [0, 0.05) is 8.99 Å². The van der Waals surface area contributed by atoms with Gasteiger partial charge in [0.1, 0.15) is 24.4 Å². The topological polar surface area (TPSA) is 77.5 Å². The van der Waals surface area contributed by atoms with Crippen molar-refractivity contribution >= 4 is 28.6 Å². The first-order chi connectivity index (χ1) is 12.6. The molecule has 5 atom stereocenters. The first-order valence-electron chi connectivity index (χ1n) is 9.19. The van der Waals surface area contributed by atoms with Crippen molar-refractivity contribution in [3.05, 3.63) is 32.9 Å². The smallest absolute Gasteiger partial charge is 0.313 e. The molecule has 0 saturated carbocycles. The SMILES string of the molecule is CC(C)(CO[C@H]1[C@@H]2OC[C@@H](O2)[C@@H]2O[C@@H]21)c1ccc(C(C)(C)C(=O)O)cc1I. The highest BCUT2D eigenvalue weighted by atomic mass is 127. The monoisotopic (exact) mass is 488 g/mol. The Balaban J connectivity index is 1.48. The normalized spacial score (nSPS) is 32.3. The second-order valence-electron chi connectivity index (χ2n) is 8.73. The Morgan fingerprint density at radius 2 is 2.00 bits per heavy atom. The number of carboxylic acids is 1. The molecule has 2 bridgehead atoms. The maximum atomic E-state index is 11.5. The molecule has 3 heterocycles. The first-order valence-corrected chi connectivity index (χ1v) is 10.3. The molecule has 1 aromatic carbocycles. The Kier molecular flexibility index (Phi) is 4.82. The second-order valence-corrected chi connectivity index (χ2v) is 9.89. The molecule has 3 saturated heterocycles. The molecule has 3 fully saturated rings. The number of carboxylic acid groups (broad SMARTS) is 1. The van der Waals surface area contributed by atoms with Crippen LogP contribution >= 0.6 is 22.6 Å². The van der Waals surface area contributed by atoms with Crippen molar-refractivity contribution in [2.75, 3.05) is 13.2 Å². The van der Waals surface area contributed by atoms with Gasteiger partial charge in [-0.1, -0.05) is 26.0 Å². The zero-order chi connectivity index (χ0) is 19.6. The summed E-state index contributed by atoms with van der Waals surface area (Å²) in [7, 11) is 0. The Hall–Kier alpha value is -0.740. The summed E-state index contributed by atoms with van der Waals surface area (Å²) in [5.74, 6) is -0.834. The summed E-state index contributed by atoms with van der Waals surface area (Å²) in [5, 5.41) is 9.47. The number of epoxide rings is 1. The molecule has 0 aromatic heterocycles. The molecular weight excluding hydrogens is 463 g/mol. The van der Waals surface area contributed by atoms with Gasteiger partial charge < -0.3 is 24.1 Å². The summed E-state index contributed by atoms with van der Waals surface area (Å²) in [5.41, 5.74) is 0.749. The predicted octanol–water partition coefficient (Wildman–Crippen LogP) is 2.84. The number of hydrogen-bond donors (Lipinski definition) is 1. The van der Waals surface area contributed by atoms with E-state index in [1.54, 1.807) is 13.8 Å². The van der Waals surface area contributed by atoms with Gasteiger partial charge in [-0.25, -0.2) is 0 Å². The summed E-state index contributed by atoms with van der Waals surface area (Å²) in [4.78, 5) is 11.5. The van der Waals surface area contributed by atoms with E-state index in [1.165, 1.54) is 0 Å². The fourth-order valence-electron chi connectivity index (χ4n) is 3.77. The lowest BCUT2D eigenvalue weighted by atomic mass is 9.80. The van der Waals surface area contributed by atoms with Crippen molar-refractivity contribution in [1.29, 1.82) is 0 Å². The van der Waals surface area contributed by atoms with E-state index in [2.05, 4.69) is 36.4 Å². The lowest BCUT2D eigenvalue weighted by Gasteiger charge is -2.32. The lowest BCUT2D eigenvalue weighted by molar-refractivity contribution is -0.169. The molecule has 148 valence electrons. The van der Waals surface area contributed by atoms with Crippen LogP contribution in [0.3, 0.4) is 0 Å². The van der Waals surface area contributed by atoms with Crippen LogP contribution in [0.5, 0.6) is 0 Å².